The largest absolute Gasteiger partial charge is 0.459 e. The van der Waals surface area contributed by atoms with Gasteiger partial charge in [-0.3, -0.25) is 14.9 Å². The number of benzene rings is 1. The minimum Gasteiger partial charge on any atom is -0.459 e. The van der Waals surface area contributed by atoms with Crippen molar-refractivity contribution in [1.82, 2.24) is 10.2 Å². The molecule has 0 aliphatic carbocycles. The fraction of sp³-hybridized carbons (Fsp3) is 0.188. The first-order valence-corrected chi connectivity index (χ1v) is 8.35. The summed E-state index contributed by atoms with van der Waals surface area (Å²) in [5.41, 5.74) is -0.00617. The number of esters is 1. The molecule has 0 unspecified atom stereocenters. The molecule has 2 heterocycles. The number of nitrogens with zero attached hydrogens (tertiary/aromatic N) is 3. The normalized spacial score (nSPS) is 11.9. The Morgan fingerprint density at radius 2 is 2.08 bits per heavy atom. The summed E-state index contributed by atoms with van der Waals surface area (Å²) >= 11 is 1.23. The summed E-state index contributed by atoms with van der Waals surface area (Å²) < 4.78 is 15.6. The van der Waals surface area contributed by atoms with Crippen LogP contribution >= 0.6 is 11.8 Å². The predicted molar refractivity (Wildman–Crippen MR) is 90.2 cm³/mol. The van der Waals surface area contributed by atoms with Gasteiger partial charge in [-0.25, -0.2) is 0 Å². The lowest BCUT2D eigenvalue weighted by Crippen LogP contribution is -2.16. The van der Waals surface area contributed by atoms with Crippen molar-refractivity contribution < 1.29 is 23.3 Å². The van der Waals surface area contributed by atoms with Gasteiger partial charge in [-0.05, 0) is 31.2 Å². The maximum absolute atomic E-state index is 12.1. The molecule has 2 aromatic heterocycles. The molecule has 0 aliphatic rings. The lowest BCUT2D eigenvalue weighted by Gasteiger charge is -2.09. The number of nitro groups is 1. The lowest BCUT2D eigenvalue weighted by atomic mass is 10.3. The van der Waals surface area contributed by atoms with E-state index < -0.39 is 16.1 Å². The van der Waals surface area contributed by atoms with Crippen molar-refractivity contribution in [2.45, 2.75) is 23.7 Å². The third-order valence-electron chi connectivity index (χ3n) is 3.23. The van der Waals surface area contributed by atoms with Crippen LogP contribution < -0.4 is 0 Å². The molecule has 0 fully saturated rings. The average Bonchev–Trinajstić information content (AvgIpc) is 3.31. The molecule has 1 atom stereocenters. The Balaban J connectivity index is 1.52. The van der Waals surface area contributed by atoms with E-state index in [1.807, 2.05) is 0 Å². The molecule has 0 radical (unpaired) electrons. The molecule has 26 heavy (non-hydrogen) atoms. The number of furan rings is 1. The zero-order valence-corrected chi connectivity index (χ0v) is 14.3. The fourth-order valence-corrected chi connectivity index (χ4v) is 2.83. The average molecular weight is 375 g/mol. The summed E-state index contributed by atoms with van der Waals surface area (Å²) in [6.07, 6.45) is 1.48. The molecule has 0 N–H and O–H groups in total. The van der Waals surface area contributed by atoms with E-state index in [2.05, 4.69) is 10.2 Å². The molecular weight excluding hydrogens is 362 g/mol. The van der Waals surface area contributed by atoms with Gasteiger partial charge in [0.15, 0.2) is 12.4 Å². The minimum atomic E-state index is -0.510. The van der Waals surface area contributed by atoms with Gasteiger partial charge in [-0.1, -0.05) is 0 Å². The van der Waals surface area contributed by atoms with Crippen molar-refractivity contribution in [2.75, 3.05) is 0 Å². The van der Waals surface area contributed by atoms with Crippen LogP contribution in [0, 0.1) is 10.1 Å². The topological polar surface area (TPSA) is 122 Å². The van der Waals surface area contributed by atoms with E-state index in [9.17, 15) is 14.9 Å². The highest BCUT2D eigenvalue weighted by molar-refractivity contribution is 8.00. The summed E-state index contributed by atoms with van der Waals surface area (Å²) in [5, 5.41) is 17.7. The molecule has 9 nitrogen and oxygen atoms in total. The Labute approximate surface area is 151 Å². The molecule has 3 aromatic rings. The number of carbonyl (C=O) groups is 1. The molecular formula is C16H13N3O6S. The molecule has 0 spiro atoms. The van der Waals surface area contributed by atoms with Gasteiger partial charge >= 0.3 is 5.97 Å². The summed E-state index contributed by atoms with van der Waals surface area (Å²) in [7, 11) is 0. The van der Waals surface area contributed by atoms with E-state index in [4.69, 9.17) is 13.6 Å². The van der Waals surface area contributed by atoms with Crippen molar-refractivity contribution in [3.8, 4) is 11.7 Å². The number of nitro benzene ring substituents is 1. The van der Waals surface area contributed by atoms with Crippen molar-refractivity contribution in [1.29, 1.82) is 0 Å². The van der Waals surface area contributed by atoms with Crippen LogP contribution in [0.15, 0.2) is 56.4 Å². The van der Waals surface area contributed by atoms with Crippen LogP contribution in [-0.4, -0.2) is 26.3 Å². The maximum Gasteiger partial charge on any atom is 0.319 e. The zero-order chi connectivity index (χ0) is 18.5. The molecule has 134 valence electrons. The van der Waals surface area contributed by atoms with E-state index in [1.165, 1.54) is 30.2 Å². The molecule has 0 amide bonds. The highest BCUT2D eigenvalue weighted by Gasteiger charge is 2.18. The van der Waals surface area contributed by atoms with Crippen LogP contribution in [0.25, 0.3) is 11.7 Å². The van der Waals surface area contributed by atoms with Crippen molar-refractivity contribution in [2.24, 2.45) is 0 Å². The number of non-ortho nitro benzene ring substituents is 1. The highest BCUT2D eigenvalue weighted by Crippen LogP contribution is 2.26. The molecule has 3 rings (SSSR count). The second-order valence-corrected chi connectivity index (χ2v) is 6.51. The Morgan fingerprint density at radius 1 is 1.31 bits per heavy atom. The van der Waals surface area contributed by atoms with E-state index in [-0.39, 0.29) is 24.1 Å². The Hall–Kier alpha value is -3.14. The third kappa shape index (κ3) is 4.28. The predicted octanol–water partition coefficient (Wildman–Crippen LogP) is 3.46. The first-order chi connectivity index (χ1) is 12.5. The van der Waals surface area contributed by atoms with Gasteiger partial charge in [0.2, 0.25) is 0 Å². The highest BCUT2D eigenvalue weighted by atomic mass is 32.2. The molecule has 0 aliphatic heterocycles. The first kappa shape index (κ1) is 17.7. The van der Waals surface area contributed by atoms with Crippen LogP contribution in [0.4, 0.5) is 5.69 Å². The summed E-state index contributed by atoms with van der Waals surface area (Å²) in [6, 6.07) is 9.30. The van der Waals surface area contributed by atoms with E-state index >= 15 is 0 Å². The monoisotopic (exact) mass is 375 g/mol. The van der Waals surface area contributed by atoms with Crippen LogP contribution in [-0.2, 0) is 16.1 Å². The van der Waals surface area contributed by atoms with Crippen molar-refractivity contribution >= 4 is 23.4 Å². The first-order valence-electron chi connectivity index (χ1n) is 7.47. The minimum absolute atomic E-state index is 0.00617. The number of rotatable bonds is 7. The van der Waals surface area contributed by atoms with Crippen LogP contribution in [0.1, 0.15) is 12.8 Å². The van der Waals surface area contributed by atoms with Gasteiger partial charge < -0.3 is 13.6 Å². The van der Waals surface area contributed by atoms with Crippen molar-refractivity contribution in [3.63, 3.8) is 0 Å². The molecule has 0 bridgehead atoms. The number of carbonyl (C=O) groups excluding carboxylic acids is 1. The van der Waals surface area contributed by atoms with E-state index in [0.717, 1.165) is 4.90 Å². The number of hydrogen-bond acceptors (Lipinski definition) is 9. The summed E-state index contributed by atoms with van der Waals surface area (Å²) in [4.78, 5) is 23.0. The van der Waals surface area contributed by atoms with E-state index in [1.54, 1.807) is 31.2 Å². The second-order valence-electron chi connectivity index (χ2n) is 5.10. The maximum atomic E-state index is 12.1. The van der Waals surface area contributed by atoms with Gasteiger partial charge in [0.25, 0.3) is 17.5 Å². The van der Waals surface area contributed by atoms with Crippen LogP contribution in [0.2, 0.25) is 0 Å². The number of thioether (sulfide) groups is 1. The van der Waals surface area contributed by atoms with E-state index in [0.29, 0.717) is 5.76 Å². The van der Waals surface area contributed by atoms with Crippen molar-refractivity contribution in [3.05, 3.63) is 58.7 Å². The van der Waals surface area contributed by atoms with Gasteiger partial charge in [-0.2, -0.15) is 0 Å². The quantitative estimate of drug-likeness (QED) is 0.264. The molecule has 0 saturated heterocycles. The van der Waals surface area contributed by atoms with Crippen LogP contribution in [0.5, 0.6) is 0 Å². The standard InChI is InChI=1S/C16H13N3O6S/c1-10(26-12-6-4-11(5-7-12)19(21)22)16(20)24-9-14-17-18-15(25-14)13-3-2-8-23-13/h2-8,10H,9H2,1H3/t10-/m1/s1. The third-order valence-corrected chi connectivity index (χ3v) is 4.32. The number of aromatic nitrogens is 2. The van der Waals surface area contributed by atoms with Gasteiger partial charge in [0.1, 0.15) is 5.25 Å². The second kappa shape index (κ2) is 7.83. The number of hydrogen-bond donors (Lipinski definition) is 0. The Morgan fingerprint density at radius 3 is 2.73 bits per heavy atom. The summed E-state index contributed by atoms with van der Waals surface area (Å²) in [5.74, 6) is 0.315. The molecule has 0 saturated carbocycles. The SMILES string of the molecule is C[C@@H](Sc1ccc([N+](=O)[O-])cc1)C(=O)OCc1nnc(-c2ccco2)o1. The van der Waals surface area contributed by atoms with Gasteiger partial charge in [0.05, 0.1) is 11.2 Å². The van der Waals surface area contributed by atoms with Crippen LogP contribution in [0.3, 0.4) is 0 Å². The smallest absolute Gasteiger partial charge is 0.319 e. The lowest BCUT2D eigenvalue weighted by molar-refractivity contribution is -0.384. The molecule has 10 heteroatoms. The molecule has 1 aromatic carbocycles. The van der Waals surface area contributed by atoms with Gasteiger partial charge in [-0.15, -0.1) is 22.0 Å². The Kier molecular flexibility index (Phi) is 5.32. The van der Waals surface area contributed by atoms with Gasteiger partial charge in [0, 0.05) is 17.0 Å². The Bertz CT molecular complexity index is 891. The number of ether oxygens (including phenoxy) is 1. The fourth-order valence-electron chi connectivity index (χ4n) is 1.96. The zero-order valence-electron chi connectivity index (χ0n) is 13.5. The summed E-state index contributed by atoms with van der Waals surface area (Å²) in [6.45, 7) is 1.52.